The summed E-state index contributed by atoms with van der Waals surface area (Å²) in [5, 5.41) is 9.19. The maximum Gasteiger partial charge on any atom is 0.334 e. The molecule has 0 radical (unpaired) electrons. The summed E-state index contributed by atoms with van der Waals surface area (Å²) in [6.07, 6.45) is -1.17. The summed E-state index contributed by atoms with van der Waals surface area (Å²) in [7, 11) is 2.73. The van der Waals surface area contributed by atoms with Crippen molar-refractivity contribution in [1.82, 2.24) is 0 Å². The van der Waals surface area contributed by atoms with Crippen molar-refractivity contribution in [3.63, 3.8) is 0 Å². The van der Waals surface area contributed by atoms with Crippen LogP contribution in [0.5, 0.6) is 0 Å². The van der Waals surface area contributed by atoms with Crippen LogP contribution in [0.25, 0.3) is 0 Å². The molecule has 0 aromatic heterocycles. The maximum atomic E-state index is 10.8. The van der Waals surface area contributed by atoms with Gasteiger partial charge in [0, 0.05) is 13.5 Å². The Hall–Kier alpha value is -0.650. The topological polar surface area (TPSA) is 65.0 Å². The van der Waals surface area contributed by atoms with Crippen LogP contribution in [0.2, 0.25) is 0 Å². The smallest absolute Gasteiger partial charge is 0.334 e. The summed E-state index contributed by atoms with van der Waals surface area (Å²) in [5.41, 5.74) is 0. The Morgan fingerprint density at radius 2 is 2.08 bits per heavy atom. The summed E-state index contributed by atoms with van der Waals surface area (Å²) in [5.74, 6) is -0.645. The molecule has 0 spiro atoms. The molecule has 0 saturated carbocycles. The Balaban J connectivity index is 3.64. The Bertz CT molecular complexity index is 147. The van der Waals surface area contributed by atoms with E-state index in [1.807, 2.05) is 0 Å². The van der Waals surface area contributed by atoms with Crippen LogP contribution in [0.4, 0.5) is 0 Å². The molecule has 5 heteroatoms. The normalized spacial score (nSPS) is 15.1. The fraction of sp³-hybridized carbons (Fsp3) is 0.875. The van der Waals surface area contributed by atoms with Gasteiger partial charge in [-0.1, -0.05) is 0 Å². The molecule has 0 aliphatic rings. The van der Waals surface area contributed by atoms with Crippen molar-refractivity contribution >= 4 is 5.97 Å². The molecule has 78 valence electrons. The quantitative estimate of drug-likeness (QED) is 0.471. The van der Waals surface area contributed by atoms with Crippen molar-refractivity contribution in [2.45, 2.75) is 25.6 Å². The molecule has 0 aromatic carbocycles. The molecule has 0 bridgehead atoms. The minimum atomic E-state index is -1.13. The molecule has 2 atom stereocenters. The zero-order valence-corrected chi connectivity index (χ0v) is 8.15. The molecule has 0 heterocycles. The standard InChI is InChI=1S/C8H16O5/c1-6(13-5-11-2)4-7(9)8(10)12-3/h6-7,9H,4-5H2,1-3H3/t6-,7+/m0/s1. The van der Waals surface area contributed by atoms with Crippen LogP contribution in [0.1, 0.15) is 13.3 Å². The van der Waals surface area contributed by atoms with Crippen molar-refractivity contribution in [3.05, 3.63) is 0 Å². The first-order chi connectivity index (χ1) is 6.11. The van der Waals surface area contributed by atoms with Gasteiger partial charge in [-0.15, -0.1) is 0 Å². The van der Waals surface area contributed by atoms with E-state index in [-0.39, 0.29) is 19.3 Å². The zero-order chi connectivity index (χ0) is 10.3. The molecule has 1 N–H and O–H groups in total. The average Bonchev–Trinajstić information content (AvgIpc) is 2.13. The van der Waals surface area contributed by atoms with Gasteiger partial charge in [-0.05, 0) is 6.92 Å². The lowest BCUT2D eigenvalue weighted by Gasteiger charge is -2.14. The Morgan fingerprint density at radius 3 is 2.54 bits per heavy atom. The van der Waals surface area contributed by atoms with E-state index < -0.39 is 12.1 Å². The first-order valence-electron chi connectivity index (χ1n) is 3.98. The van der Waals surface area contributed by atoms with Gasteiger partial charge in [0.2, 0.25) is 0 Å². The van der Waals surface area contributed by atoms with E-state index in [9.17, 15) is 9.90 Å². The molecule has 5 nitrogen and oxygen atoms in total. The van der Waals surface area contributed by atoms with E-state index in [4.69, 9.17) is 4.74 Å². The first kappa shape index (κ1) is 12.3. The molecule has 0 amide bonds. The monoisotopic (exact) mass is 192 g/mol. The van der Waals surface area contributed by atoms with E-state index in [2.05, 4.69) is 9.47 Å². The maximum absolute atomic E-state index is 10.8. The molecule has 13 heavy (non-hydrogen) atoms. The van der Waals surface area contributed by atoms with Gasteiger partial charge >= 0.3 is 5.97 Å². The first-order valence-corrected chi connectivity index (χ1v) is 3.98. The second-order valence-corrected chi connectivity index (χ2v) is 2.66. The van der Waals surface area contributed by atoms with Crippen LogP contribution < -0.4 is 0 Å². The lowest BCUT2D eigenvalue weighted by Crippen LogP contribution is -2.27. The number of carbonyl (C=O) groups excluding carboxylic acids is 1. The third-order valence-electron chi connectivity index (χ3n) is 1.50. The van der Waals surface area contributed by atoms with E-state index in [0.29, 0.717) is 0 Å². The lowest BCUT2D eigenvalue weighted by molar-refractivity contribution is -0.153. The molecule has 0 aromatic rings. The summed E-state index contributed by atoms with van der Waals surface area (Å²) in [4.78, 5) is 10.8. The Labute approximate surface area is 77.6 Å². The predicted octanol–water partition coefficient (Wildman–Crippen LogP) is -0.0806. The number of rotatable bonds is 6. The van der Waals surface area contributed by atoms with E-state index in [0.717, 1.165) is 0 Å². The predicted molar refractivity (Wildman–Crippen MR) is 45.1 cm³/mol. The van der Waals surface area contributed by atoms with Gasteiger partial charge in [-0.2, -0.15) is 0 Å². The number of esters is 1. The van der Waals surface area contributed by atoms with E-state index in [1.165, 1.54) is 14.2 Å². The molecular weight excluding hydrogens is 176 g/mol. The van der Waals surface area contributed by atoms with Gasteiger partial charge in [0.15, 0.2) is 6.10 Å². The van der Waals surface area contributed by atoms with Gasteiger partial charge in [-0.3, -0.25) is 0 Å². The number of hydrogen-bond acceptors (Lipinski definition) is 5. The van der Waals surface area contributed by atoms with Crippen molar-refractivity contribution in [2.75, 3.05) is 21.0 Å². The second kappa shape index (κ2) is 6.82. The zero-order valence-electron chi connectivity index (χ0n) is 8.15. The van der Waals surface area contributed by atoms with Crippen LogP contribution in [0.3, 0.4) is 0 Å². The van der Waals surface area contributed by atoms with Crippen LogP contribution in [0, 0.1) is 0 Å². The highest BCUT2D eigenvalue weighted by molar-refractivity contribution is 5.74. The third kappa shape index (κ3) is 5.57. The van der Waals surface area contributed by atoms with E-state index >= 15 is 0 Å². The number of methoxy groups -OCH3 is 2. The Morgan fingerprint density at radius 1 is 1.46 bits per heavy atom. The van der Waals surface area contributed by atoms with Crippen molar-refractivity contribution in [3.8, 4) is 0 Å². The number of ether oxygens (including phenoxy) is 3. The summed E-state index contributed by atoms with van der Waals surface area (Å²) in [6.45, 7) is 1.89. The summed E-state index contributed by atoms with van der Waals surface area (Å²) < 4.78 is 14.1. The van der Waals surface area contributed by atoms with Crippen LogP contribution >= 0.6 is 0 Å². The van der Waals surface area contributed by atoms with Gasteiger partial charge < -0.3 is 19.3 Å². The Kier molecular flexibility index (Phi) is 6.48. The highest BCUT2D eigenvalue weighted by atomic mass is 16.7. The van der Waals surface area contributed by atoms with Gasteiger partial charge in [0.1, 0.15) is 6.79 Å². The summed E-state index contributed by atoms with van der Waals surface area (Å²) >= 11 is 0. The van der Waals surface area contributed by atoms with Gasteiger partial charge in [0.05, 0.1) is 13.2 Å². The van der Waals surface area contributed by atoms with Gasteiger partial charge in [-0.25, -0.2) is 4.79 Å². The fourth-order valence-electron chi connectivity index (χ4n) is 0.799. The fourth-order valence-corrected chi connectivity index (χ4v) is 0.799. The van der Waals surface area contributed by atoms with Crippen LogP contribution in [0.15, 0.2) is 0 Å². The van der Waals surface area contributed by atoms with Crippen LogP contribution in [-0.2, 0) is 19.0 Å². The van der Waals surface area contributed by atoms with E-state index in [1.54, 1.807) is 6.92 Å². The highest BCUT2D eigenvalue weighted by Crippen LogP contribution is 2.03. The second-order valence-electron chi connectivity index (χ2n) is 2.66. The molecule has 0 saturated heterocycles. The van der Waals surface area contributed by atoms with Crippen molar-refractivity contribution in [1.29, 1.82) is 0 Å². The molecule has 0 unspecified atom stereocenters. The third-order valence-corrected chi connectivity index (χ3v) is 1.50. The van der Waals surface area contributed by atoms with Crippen LogP contribution in [-0.4, -0.2) is 44.3 Å². The molecular formula is C8H16O5. The summed E-state index contributed by atoms with van der Waals surface area (Å²) in [6, 6.07) is 0. The average molecular weight is 192 g/mol. The van der Waals surface area contributed by atoms with Gasteiger partial charge in [0.25, 0.3) is 0 Å². The SMILES string of the molecule is COCO[C@@H](C)C[C@@H](O)C(=O)OC. The number of hydrogen-bond donors (Lipinski definition) is 1. The molecule has 0 fully saturated rings. The number of aliphatic hydroxyl groups is 1. The lowest BCUT2D eigenvalue weighted by atomic mass is 10.2. The minimum absolute atomic E-state index is 0.148. The van der Waals surface area contributed by atoms with Crippen molar-refractivity contribution < 1.29 is 24.1 Å². The molecule has 0 aliphatic heterocycles. The molecule has 0 aliphatic carbocycles. The van der Waals surface area contributed by atoms with Crippen molar-refractivity contribution in [2.24, 2.45) is 0 Å². The highest BCUT2D eigenvalue weighted by Gasteiger charge is 2.18. The number of carbonyl (C=O) groups is 1. The minimum Gasteiger partial charge on any atom is -0.467 e. The molecule has 0 rings (SSSR count). The number of aliphatic hydroxyl groups excluding tert-OH is 1. The largest absolute Gasteiger partial charge is 0.467 e.